The van der Waals surface area contributed by atoms with Gasteiger partial charge in [0.15, 0.2) is 5.78 Å². The molecule has 0 spiro atoms. The van der Waals surface area contributed by atoms with Gasteiger partial charge in [0.1, 0.15) is 5.75 Å². The number of methoxy groups -OCH3 is 1. The van der Waals surface area contributed by atoms with Crippen LogP contribution in [0.25, 0.3) is 11.1 Å². The zero-order valence-corrected chi connectivity index (χ0v) is 18.5. The van der Waals surface area contributed by atoms with E-state index in [-0.39, 0.29) is 11.7 Å². The van der Waals surface area contributed by atoms with Crippen LogP contribution < -0.4 is 10.1 Å². The quantitative estimate of drug-likeness (QED) is 0.471. The van der Waals surface area contributed by atoms with Crippen LogP contribution in [0.1, 0.15) is 41.3 Å². The second-order valence-electron chi connectivity index (χ2n) is 8.05. The van der Waals surface area contributed by atoms with Gasteiger partial charge < -0.3 is 10.1 Å². The SMILES string of the molecule is COc1ccc(C2(C(=O)Nc3ccc(C)c(-c4ccc(C(C)=O)cc4Cl)c3)CC2)cc1. The summed E-state index contributed by atoms with van der Waals surface area (Å²) in [4.78, 5) is 24.8. The van der Waals surface area contributed by atoms with Crippen molar-refractivity contribution in [2.24, 2.45) is 0 Å². The van der Waals surface area contributed by atoms with Crippen LogP contribution in [0.2, 0.25) is 5.02 Å². The van der Waals surface area contributed by atoms with Gasteiger partial charge in [-0.3, -0.25) is 9.59 Å². The van der Waals surface area contributed by atoms with Gasteiger partial charge in [-0.25, -0.2) is 0 Å². The predicted octanol–water partition coefficient (Wildman–Crippen LogP) is 6.20. The molecule has 1 N–H and O–H groups in total. The molecule has 31 heavy (non-hydrogen) atoms. The summed E-state index contributed by atoms with van der Waals surface area (Å²) < 4.78 is 5.22. The molecule has 5 heteroatoms. The highest BCUT2D eigenvalue weighted by Gasteiger charge is 2.51. The number of hydrogen-bond donors (Lipinski definition) is 1. The molecule has 0 unspecified atom stereocenters. The van der Waals surface area contributed by atoms with Crippen molar-refractivity contribution in [2.45, 2.75) is 32.1 Å². The fraction of sp³-hybridized carbons (Fsp3) is 0.231. The Morgan fingerprint density at radius 3 is 2.26 bits per heavy atom. The maximum atomic E-state index is 13.2. The Labute approximate surface area is 187 Å². The molecule has 3 aromatic carbocycles. The summed E-state index contributed by atoms with van der Waals surface area (Å²) in [6.45, 7) is 3.51. The van der Waals surface area contributed by atoms with Crippen molar-refractivity contribution in [1.29, 1.82) is 0 Å². The van der Waals surface area contributed by atoms with Crippen molar-refractivity contribution in [2.75, 3.05) is 12.4 Å². The van der Waals surface area contributed by atoms with Gasteiger partial charge in [-0.1, -0.05) is 41.9 Å². The molecule has 4 rings (SSSR count). The van der Waals surface area contributed by atoms with E-state index in [1.54, 1.807) is 19.2 Å². The van der Waals surface area contributed by atoms with Crippen LogP contribution in [0.4, 0.5) is 5.69 Å². The normalized spacial score (nSPS) is 14.1. The minimum absolute atomic E-state index is 0.00880. The molecule has 0 saturated heterocycles. The van der Waals surface area contributed by atoms with Gasteiger partial charge in [0.25, 0.3) is 0 Å². The van der Waals surface area contributed by atoms with Gasteiger partial charge in [0.05, 0.1) is 12.5 Å². The molecular weight excluding hydrogens is 410 g/mol. The number of ether oxygens (including phenoxy) is 1. The summed E-state index contributed by atoms with van der Waals surface area (Å²) in [6, 6.07) is 18.8. The first kappa shape index (κ1) is 21.1. The Kier molecular flexibility index (Phi) is 5.59. The Balaban J connectivity index is 1.60. The standard InChI is InChI=1S/C26H24ClNO3/c1-16-4-8-20(15-23(16)22-11-5-18(17(2)29)14-24(22)27)28-25(30)26(12-13-26)19-6-9-21(31-3)10-7-19/h4-11,14-15H,12-13H2,1-3H3,(H,28,30). The number of ketones is 1. The minimum Gasteiger partial charge on any atom is -0.497 e. The highest BCUT2D eigenvalue weighted by atomic mass is 35.5. The number of hydrogen-bond acceptors (Lipinski definition) is 3. The number of carbonyl (C=O) groups excluding carboxylic acids is 2. The lowest BCUT2D eigenvalue weighted by Crippen LogP contribution is -2.27. The summed E-state index contributed by atoms with van der Waals surface area (Å²) in [5.74, 6) is 0.737. The fourth-order valence-electron chi connectivity index (χ4n) is 3.88. The number of halogens is 1. The van der Waals surface area contributed by atoms with E-state index in [4.69, 9.17) is 16.3 Å². The van der Waals surface area contributed by atoms with E-state index in [0.717, 1.165) is 46.5 Å². The lowest BCUT2D eigenvalue weighted by molar-refractivity contribution is -0.118. The highest BCUT2D eigenvalue weighted by Crippen LogP contribution is 2.49. The third-order valence-electron chi connectivity index (χ3n) is 5.99. The molecule has 0 atom stereocenters. The average molecular weight is 434 g/mol. The third kappa shape index (κ3) is 4.08. The summed E-state index contributed by atoms with van der Waals surface area (Å²) in [7, 11) is 1.63. The second-order valence-corrected chi connectivity index (χ2v) is 8.45. The molecule has 0 heterocycles. The van der Waals surface area contributed by atoms with Crippen molar-refractivity contribution in [3.63, 3.8) is 0 Å². The number of carbonyl (C=O) groups is 2. The van der Waals surface area contributed by atoms with Gasteiger partial charge in [-0.05, 0) is 73.7 Å². The molecule has 1 amide bonds. The molecule has 1 saturated carbocycles. The van der Waals surface area contributed by atoms with E-state index in [1.165, 1.54) is 6.92 Å². The highest BCUT2D eigenvalue weighted by molar-refractivity contribution is 6.33. The summed E-state index contributed by atoms with van der Waals surface area (Å²) in [6.07, 6.45) is 1.64. The predicted molar refractivity (Wildman–Crippen MR) is 124 cm³/mol. The van der Waals surface area contributed by atoms with E-state index >= 15 is 0 Å². The molecule has 0 bridgehead atoms. The molecule has 4 nitrogen and oxygen atoms in total. The smallest absolute Gasteiger partial charge is 0.235 e. The van der Waals surface area contributed by atoms with Crippen LogP contribution in [0.3, 0.4) is 0 Å². The maximum Gasteiger partial charge on any atom is 0.235 e. The minimum atomic E-state index is -0.488. The number of benzene rings is 3. The first-order valence-electron chi connectivity index (χ1n) is 10.2. The van der Waals surface area contributed by atoms with Crippen molar-refractivity contribution in [3.8, 4) is 16.9 Å². The molecule has 1 aliphatic carbocycles. The van der Waals surface area contributed by atoms with Crippen molar-refractivity contribution in [3.05, 3.63) is 82.4 Å². The van der Waals surface area contributed by atoms with Crippen LogP contribution in [0.5, 0.6) is 5.75 Å². The van der Waals surface area contributed by atoms with Gasteiger partial charge in [-0.2, -0.15) is 0 Å². The lowest BCUT2D eigenvalue weighted by atomic mass is 9.94. The lowest BCUT2D eigenvalue weighted by Gasteiger charge is -2.17. The van der Waals surface area contributed by atoms with Gasteiger partial charge in [0, 0.05) is 21.8 Å². The van der Waals surface area contributed by atoms with Crippen LogP contribution in [-0.2, 0) is 10.2 Å². The zero-order valence-electron chi connectivity index (χ0n) is 17.8. The van der Waals surface area contributed by atoms with E-state index in [1.807, 2.05) is 55.5 Å². The number of rotatable bonds is 6. The molecule has 1 fully saturated rings. The zero-order chi connectivity index (χ0) is 22.2. The number of anilines is 1. The van der Waals surface area contributed by atoms with Crippen molar-refractivity contribution >= 4 is 29.0 Å². The maximum absolute atomic E-state index is 13.2. The van der Waals surface area contributed by atoms with Gasteiger partial charge in [0.2, 0.25) is 5.91 Å². The molecule has 0 aromatic heterocycles. The Morgan fingerprint density at radius 1 is 0.968 bits per heavy atom. The average Bonchev–Trinajstić information content (AvgIpc) is 3.57. The monoisotopic (exact) mass is 433 g/mol. The Hall–Kier alpha value is -3.11. The van der Waals surface area contributed by atoms with Crippen LogP contribution >= 0.6 is 11.6 Å². The first-order valence-corrected chi connectivity index (χ1v) is 10.6. The number of Topliss-reactive ketones (excluding diaryl/α,β-unsaturated/α-hetero) is 1. The summed E-state index contributed by atoms with van der Waals surface area (Å²) in [5.41, 5.74) is 4.60. The summed E-state index contributed by atoms with van der Waals surface area (Å²) in [5, 5.41) is 3.60. The van der Waals surface area contributed by atoms with Crippen LogP contribution in [-0.4, -0.2) is 18.8 Å². The molecule has 158 valence electrons. The van der Waals surface area contributed by atoms with Crippen molar-refractivity contribution in [1.82, 2.24) is 0 Å². The summed E-state index contributed by atoms with van der Waals surface area (Å²) >= 11 is 6.48. The number of aryl methyl sites for hydroxylation is 1. The molecule has 1 aliphatic rings. The van der Waals surface area contributed by atoms with E-state index in [2.05, 4.69) is 5.32 Å². The van der Waals surface area contributed by atoms with Crippen molar-refractivity contribution < 1.29 is 14.3 Å². The second kappa shape index (κ2) is 8.20. The first-order chi connectivity index (χ1) is 14.8. The number of nitrogens with one attached hydrogen (secondary N) is 1. The Morgan fingerprint density at radius 2 is 1.68 bits per heavy atom. The van der Waals surface area contributed by atoms with Gasteiger partial charge in [-0.15, -0.1) is 0 Å². The fourth-order valence-corrected chi connectivity index (χ4v) is 4.16. The molecule has 0 radical (unpaired) electrons. The van der Waals surface area contributed by atoms with Crippen LogP contribution in [0, 0.1) is 6.92 Å². The largest absolute Gasteiger partial charge is 0.497 e. The topological polar surface area (TPSA) is 55.4 Å². The van der Waals surface area contributed by atoms with E-state index in [0.29, 0.717) is 10.6 Å². The third-order valence-corrected chi connectivity index (χ3v) is 6.30. The molecular formula is C26H24ClNO3. The van der Waals surface area contributed by atoms with E-state index < -0.39 is 5.41 Å². The van der Waals surface area contributed by atoms with Gasteiger partial charge >= 0.3 is 0 Å². The Bertz CT molecular complexity index is 1160. The van der Waals surface area contributed by atoms with E-state index in [9.17, 15) is 9.59 Å². The molecule has 0 aliphatic heterocycles. The number of amides is 1. The van der Waals surface area contributed by atoms with Crippen LogP contribution in [0.15, 0.2) is 60.7 Å². The molecule has 3 aromatic rings.